The van der Waals surface area contributed by atoms with E-state index >= 15 is 0 Å². The highest BCUT2D eigenvalue weighted by molar-refractivity contribution is 7.92. The van der Waals surface area contributed by atoms with Crippen LogP contribution in [-0.2, 0) is 16.6 Å². The molecule has 0 saturated heterocycles. The van der Waals surface area contributed by atoms with Crippen molar-refractivity contribution in [2.45, 2.75) is 19.9 Å². The monoisotopic (exact) mass is 471 g/mol. The Bertz CT molecular complexity index is 1010. The highest BCUT2D eigenvalue weighted by atomic mass is 35.5. The van der Waals surface area contributed by atoms with Crippen molar-refractivity contribution >= 4 is 44.8 Å². The van der Waals surface area contributed by atoms with Gasteiger partial charge in [-0.05, 0) is 69.4 Å². The molecule has 0 bridgehead atoms. The fraction of sp³-hybridized carbons (Fsp3) is 0.381. The Kier molecular flexibility index (Phi) is 8.55. The molecule has 6 nitrogen and oxygen atoms in total. The van der Waals surface area contributed by atoms with Gasteiger partial charge in [0.1, 0.15) is 0 Å². The van der Waals surface area contributed by atoms with Gasteiger partial charge >= 0.3 is 0 Å². The van der Waals surface area contributed by atoms with Crippen LogP contribution in [0.15, 0.2) is 36.4 Å². The molecule has 0 atom stereocenters. The van der Waals surface area contributed by atoms with E-state index in [-0.39, 0.29) is 5.91 Å². The lowest BCUT2D eigenvalue weighted by molar-refractivity contribution is 0.0737. The molecule has 1 amide bonds. The van der Waals surface area contributed by atoms with Crippen molar-refractivity contribution < 1.29 is 13.2 Å². The maximum atomic E-state index is 13.3. The third-order valence-electron chi connectivity index (χ3n) is 4.46. The maximum Gasteiger partial charge on any atom is 0.254 e. The summed E-state index contributed by atoms with van der Waals surface area (Å²) in [5, 5.41) is 0.894. The van der Waals surface area contributed by atoms with Crippen LogP contribution >= 0.6 is 23.2 Å². The van der Waals surface area contributed by atoms with E-state index in [1.165, 1.54) is 0 Å². The second-order valence-electron chi connectivity index (χ2n) is 7.54. The average Bonchev–Trinajstić information content (AvgIpc) is 2.63. The molecule has 0 unspecified atom stereocenters. The van der Waals surface area contributed by atoms with E-state index in [1.807, 2.05) is 20.2 Å². The summed E-state index contributed by atoms with van der Waals surface area (Å²) in [5.41, 5.74) is 2.41. The number of aryl methyl sites for hydroxylation is 1. The summed E-state index contributed by atoms with van der Waals surface area (Å²) in [4.78, 5) is 17.1. The summed E-state index contributed by atoms with van der Waals surface area (Å²) in [5.74, 6) is -0.184. The molecule has 0 aliphatic rings. The Morgan fingerprint density at radius 3 is 2.33 bits per heavy atom. The topological polar surface area (TPSA) is 69.7 Å². The van der Waals surface area contributed by atoms with Crippen molar-refractivity contribution in [1.29, 1.82) is 0 Å². The second kappa shape index (κ2) is 10.5. The predicted octanol–water partition coefficient (Wildman–Crippen LogP) is 4.27. The summed E-state index contributed by atoms with van der Waals surface area (Å²) >= 11 is 12.1. The Balaban J connectivity index is 2.30. The third kappa shape index (κ3) is 7.47. The minimum atomic E-state index is -3.45. The van der Waals surface area contributed by atoms with E-state index < -0.39 is 10.0 Å². The second-order valence-corrected chi connectivity index (χ2v) is 10.1. The standard InChI is InChI=1S/C21H27Cl2N3O3S/c1-15-6-8-17(13-20(15)24-30(4,28)29)21(27)26(11-5-10-25(2)3)14-16-7-9-18(22)19(23)12-16/h6-9,12-13,24H,5,10-11,14H2,1-4H3. The molecular formula is C21H27Cl2N3O3S. The molecule has 0 radical (unpaired) electrons. The van der Waals surface area contributed by atoms with Crippen LogP contribution in [0, 0.1) is 6.92 Å². The van der Waals surface area contributed by atoms with Gasteiger partial charge in [-0.15, -0.1) is 0 Å². The highest BCUT2D eigenvalue weighted by Gasteiger charge is 2.18. The van der Waals surface area contributed by atoms with Crippen LogP contribution in [0.25, 0.3) is 0 Å². The van der Waals surface area contributed by atoms with E-state index in [0.29, 0.717) is 34.4 Å². The van der Waals surface area contributed by atoms with E-state index in [4.69, 9.17) is 23.2 Å². The van der Waals surface area contributed by atoms with Crippen LogP contribution in [0.4, 0.5) is 5.69 Å². The number of sulfonamides is 1. The molecule has 2 rings (SSSR count). The first-order chi connectivity index (χ1) is 14.0. The number of amides is 1. The summed E-state index contributed by atoms with van der Waals surface area (Å²) in [6.45, 7) is 3.53. The lowest BCUT2D eigenvalue weighted by atomic mass is 10.1. The molecule has 30 heavy (non-hydrogen) atoms. The quantitative estimate of drug-likeness (QED) is 0.592. The van der Waals surface area contributed by atoms with Crippen LogP contribution in [-0.4, -0.2) is 57.6 Å². The number of benzene rings is 2. The molecule has 2 aromatic rings. The lowest BCUT2D eigenvalue weighted by Gasteiger charge is -2.24. The number of anilines is 1. The number of rotatable bonds is 9. The molecule has 0 aliphatic heterocycles. The van der Waals surface area contributed by atoms with Gasteiger partial charge in [0.2, 0.25) is 10.0 Å². The number of nitrogens with one attached hydrogen (secondary N) is 1. The molecular weight excluding hydrogens is 445 g/mol. The van der Waals surface area contributed by atoms with Crippen molar-refractivity contribution in [2.75, 3.05) is 38.2 Å². The Morgan fingerprint density at radius 2 is 1.73 bits per heavy atom. The van der Waals surface area contributed by atoms with Crippen molar-refractivity contribution in [3.63, 3.8) is 0 Å². The van der Waals surface area contributed by atoms with Crippen LogP contribution in [0.3, 0.4) is 0 Å². The summed E-state index contributed by atoms with van der Waals surface area (Å²) in [7, 11) is 0.510. The summed E-state index contributed by atoms with van der Waals surface area (Å²) in [6.07, 6.45) is 1.87. The van der Waals surface area contributed by atoms with Gasteiger partial charge in [0, 0.05) is 18.7 Å². The van der Waals surface area contributed by atoms with Gasteiger partial charge in [-0.25, -0.2) is 8.42 Å². The Hall–Kier alpha value is -1.80. The fourth-order valence-electron chi connectivity index (χ4n) is 2.94. The first-order valence-corrected chi connectivity index (χ1v) is 12.1. The first kappa shape index (κ1) is 24.5. The Labute approximate surface area is 188 Å². The van der Waals surface area contributed by atoms with Crippen LogP contribution in [0.1, 0.15) is 27.9 Å². The number of hydrogen-bond acceptors (Lipinski definition) is 4. The normalized spacial score (nSPS) is 11.6. The zero-order valence-electron chi connectivity index (χ0n) is 17.6. The van der Waals surface area contributed by atoms with E-state index in [9.17, 15) is 13.2 Å². The van der Waals surface area contributed by atoms with Crippen molar-refractivity contribution in [2.24, 2.45) is 0 Å². The third-order valence-corrected chi connectivity index (χ3v) is 5.79. The molecule has 0 aliphatic carbocycles. The van der Waals surface area contributed by atoms with Crippen LogP contribution in [0.5, 0.6) is 0 Å². The SMILES string of the molecule is Cc1ccc(C(=O)N(CCCN(C)C)Cc2ccc(Cl)c(Cl)c2)cc1NS(C)(=O)=O. The lowest BCUT2D eigenvalue weighted by Crippen LogP contribution is -2.33. The van der Waals surface area contributed by atoms with Crippen LogP contribution < -0.4 is 4.72 Å². The average molecular weight is 472 g/mol. The predicted molar refractivity (Wildman–Crippen MR) is 124 cm³/mol. The molecule has 2 aromatic carbocycles. The number of nitrogens with zero attached hydrogens (tertiary/aromatic N) is 2. The van der Waals surface area contributed by atoms with E-state index in [0.717, 1.165) is 30.3 Å². The van der Waals surface area contributed by atoms with Gasteiger partial charge in [-0.2, -0.15) is 0 Å². The molecule has 0 saturated carbocycles. The van der Waals surface area contributed by atoms with Crippen molar-refractivity contribution in [1.82, 2.24) is 9.80 Å². The molecule has 164 valence electrons. The van der Waals surface area contributed by atoms with E-state index in [1.54, 1.807) is 42.2 Å². The number of halogens is 2. The molecule has 0 spiro atoms. The molecule has 9 heteroatoms. The van der Waals surface area contributed by atoms with Gasteiger partial charge in [0.05, 0.1) is 22.0 Å². The molecule has 0 fully saturated rings. The van der Waals surface area contributed by atoms with Gasteiger partial charge in [0.15, 0.2) is 0 Å². The van der Waals surface area contributed by atoms with Gasteiger partial charge < -0.3 is 9.80 Å². The fourth-order valence-corrected chi connectivity index (χ4v) is 3.88. The zero-order valence-corrected chi connectivity index (χ0v) is 19.9. The number of carbonyl (C=O) groups is 1. The first-order valence-electron chi connectivity index (χ1n) is 9.42. The number of hydrogen-bond donors (Lipinski definition) is 1. The Morgan fingerprint density at radius 1 is 1.03 bits per heavy atom. The summed E-state index contributed by atoms with van der Waals surface area (Å²) < 4.78 is 25.7. The maximum absolute atomic E-state index is 13.3. The smallest absolute Gasteiger partial charge is 0.254 e. The number of carbonyl (C=O) groups excluding carboxylic acids is 1. The van der Waals surface area contributed by atoms with E-state index in [2.05, 4.69) is 9.62 Å². The zero-order chi connectivity index (χ0) is 22.5. The van der Waals surface area contributed by atoms with Crippen molar-refractivity contribution in [3.05, 3.63) is 63.1 Å². The van der Waals surface area contributed by atoms with Crippen LogP contribution in [0.2, 0.25) is 10.0 Å². The van der Waals surface area contributed by atoms with Gasteiger partial charge in [-0.1, -0.05) is 35.3 Å². The molecule has 0 aromatic heterocycles. The largest absolute Gasteiger partial charge is 0.334 e. The van der Waals surface area contributed by atoms with Crippen molar-refractivity contribution in [3.8, 4) is 0 Å². The molecule has 0 heterocycles. The summed E-state index contributed by atoms with van der Waals surface area (Å²) in [6, 6.07) is 10.3. The van der Waals surface area contributed by atoms with Gasteiger partial charge in [0.25, 0.3) is 5.91 Å². The molecule has 1 N–H and O–H groups in total. The highest BCUT2D eigenvalue weighted by Crippen LogP contribution is 2.24. The minimum Gasteiger partial charge on any atom is -0.334 e. The minimum absolute atomic E-state index is 0.184. The van der Waals surface area contributed by atoms with Gasteiger partial charge in [-0.3, -0.25) is 9.52 Å².